The second kappa shape index (κ2) is 8.82. The van der Waals surface area contributed by atoms with E-state index in [1.807, 2.05) is 18.2 Å². The zero-order chi connectivity index (χ0) is 12.7. The van der Waals surface area contributed by atoms with E-state index in [1.54, 1.807) is 6.20 Å². The molecule has 0 spiro atoms. The quantitative estimate of drug-likeness (QED) is 0.300. The highest BCUT2D eigenvalue weighted by Crippen LogP contribution is 2.30. The Kier molecular flexibility index (Phi) is 8.22. The van der Waals surface area contributed by atoms with Gasteiger partial charge in [-0.15, -0.1) is 0 Å². The van der Waals surface area contributed by atoms with Crippen LogP contribution >= 0.6 is 69.1 Å². The Labute approximate surface area is 141 Å². The molecule has 5 heteroatoms. The Morgan fingerprint density at radius 1 is 0.941 bits per heavy atom. The summed E-state index contributed by atoms with van der Waals surface area (Å²) in [7, 11) is 0. The van der Waals surface area contributed by atoms with Gasteiger partial charge in [-0.05, 0) is 17.7 Å². The van der Waals surface area contributed by atoms with Gasteiger partial charge in [-0.3, -0.25) is 4.98 Å². The number of halogens is 4. The molecular formula is C12H9Br2I2N. The van der Waals surface area contributed by atoms with Crippen LogP contribution in [0.2, 0.25) is 0 Å². The summed E-state index contributed by atoms with van der Waals surface area (Å²) in [5, 5.41) is 0. The fraction of sp³-hybridized carbons (Fsp3) is 0.0833. The SMILES string of the molecule is BrC(Br)c1ccc(-c2ccccn2)cc1.II. The van der Waals surface area contributed by atoms with E-state index in [1.165, 1.54) is 5.56 Å². The van der Waals surface area contributed by atoms with Gasteiger partial charge in [0.2, 0.25) is 0 Å². The summed E-state index contributed by atoms with van der Waals surface area (Å²) in [6.45, 7) is 0. The van der Waals surface area contributed by atoms with Crippen molar-refractivity contribution in [3.8, 4) is 11.3 Å². The molecule has 1 aromatic heterocycles. The number of rotatable bonds is 2. The van der Waals surface area contributed by atoms with Crippen LogP contribution in [-0.2, 0) is 0 Å². The van der Waals surface area contributed by atoms with Crippen LogP contribution in [0.15, 0.2) is 48.7 Å². The van der Waals surface area contributed by atoms with Crippen molar-refractivity contribution >= 4 is 69.1 Å². The maximum atomic E-state index is 4.30. The summed E-state index contributed by atoms with van der Waals surface area (Å²) in [6.07, 6.45) is 1.81. The molecule has 17 heavy (non-hydrogen) atoms. The van der Waals surface area contributed by atoms with Crippen LogP contribution in [0.1, 0.15) is 9.30 Å². The summed E-state index contributed by atoms with van der Waals surface area (Å²) in [6, 6.07) is 14.2. The molecule has 0 saturated carbocycles. The number of benzene rings is 1. The van der Waals surface area contributed by atoms with Gasteiger partial charge in [-0.1, -0.05) is 62.2 Å². The number of pyridine rings is 1. The number of nitrogens with zero attached hydrogens (tertiary/aromatic N) is 1. The molecule has 1 aromatic carbocycles. The van der Waals surface area contributed by atoms with Crippen molar-refractivity contribution in [2.75, 3.05) is 0 Å². The molecule has 0 atom stereocenters. The Morgan fingerprint density at radius 2 is 1.59 bits per heavy atom. The molecule has 0 unspecified atom stereocenters. The van der Waals surface area contributed by atoms with Crippen LogP contribution in [-0.4, -0.2) is 4.98 Å². The molecular weight excluding hydrogens is 572 g/mol. The summed E-state index contributed by atoms with van der Waals surface area (Å²) in [4.78, 5) is 4.30. The lowest BCUT2D eigenvalue weighted by Crippen LogP contribution is -1.84. The predicted molar refractivity (Wildman–Crippen MR) is 98.3 cm³/mol. The number of alkyl halides is 2. The first-order valence-corrected chi connectivity index (χ1v) is 12.8. The third-order valence-electron chi connectivity index (χ3n) is 2.12. The minimum Gasteiger partial charge on any atom is -0.256 e. The largest absolute Gasteiger partial charge is 0.256 e. The molecule has 0 radical (unpaired) electrons. The van der Waals surface area contributed by atoms with E-state index in [-0.39, 0.29) is 3.74 Å². The van der Waals surface area contributed by atoms with Gasteiger partial charge in [0.15, 0.2) is 0 Å². The average molecular weight is 581 g/mol. The molecule has 0 aliphatic carbocycles. The summed E-state index contributed by atoms with van der Waals surface area (Å²) < 4.78 is 0.211. The molecule has 0 fully saturated rings. The fourth-order valence-corrected chi connectivity index (χ4v) is 1.94. The third-order valence-corrected chi connectivity index (χ3v) is 3.18. The van der Waals surface area contributed by atoms with Gasteiger partial charge in [0.1, 0.15) is 0 Å². The maximum Gasteiger partial charge on any atom is 0.0946 e. The van der Waals surface area contributed by atoms with Crippen molar-refractivity contribution in [1.29, 1.82) is 0 Å². The lowest BCUT2D eigenvalue weighted by molar-refractivity contribution is 1.32. The van der Waals surface area contributed by atoms with E-state index in [0.29, 0.717) is 0 Å². The molecule has 0 saturated heterocycles. The highest BCUT2D eigenvalue weighted by atomic mass is 128. The molecule has 2 rings (SSSR count). The van der Waals surface area contributed by atoms with Crippen molar-refractivity contribution in [1.82, 2.24) is 4.98 Å². The van der Waals surface area contributed by atoms with Gasteiger partial charge >= 0.3 is 0 Å². The van der Waals surface area contributed by atoms with Gasteiger partial charge in [0.05, 0.1) is 9.43 Å². The fourth-order valence-electron chi connectivity index (χ4n) is 1.33. The molecule has 0 N–H and O–H groups in total. The Morgan fingerprint density at radius 3 is 2.06 bits per heavy atom. The van der Waals surface area contributed by atoms with Gasteiger partial charge < -0.3 is 0 Å². The maximum absolute atomic E-state index is 4.30. The standard InChI is InChI=1S/C12H9Br2N.I2/c13-12(14)10-6-4-9(5-7-10)11-3-1-2-8-15-11;1-2/h1-8,12H;. The molecule has 2 aromatic rings. The second-order valence-electron chi connectivity index (χ2n) is 3.14. The predicted octanol–water partition coefficient (Wildman–Crippen LogP) is 6.31. The Hall–Kier alpha value is 0.790. The smallest absolute Gasteiger partial charge is 0.0946 e. The Balaban J connectivity index is 0.000000686. The summed E-state index contributed by atoms with van der Waals surface area (Å²) >= 11 is 11.2. The molecule has 0 bridgehead atoms. The number of hydrogen-bond donors (Lipinski definition) is 0. The van der Waals surface area contributed by atoms with Crippen molar-refractivity contribution in [3.05, 3.63) is 54.2 Å². The van der Waals surface area contributed by atoms with E-state index in [2.05, 4.69) is 98.3 Å². The van der Waals surface area contributed by atoms with Gasteiger partial charge in [-0.25, -0.2) is 0 Å². The number of aromatic nitrogens is 1. The summed E-state index contributed by atoms with van der Waals surface area (Å²) in [5.41, 5.74) is 3.35. The number of hydrogen-bond acceptors (Lipinski definition) is 1. The van der Waals surface area contributed by atoms with E-state index < -0.39 is 0 Å². The van der Waals surface area contributed by atoms with Crippen LogP contribution < -0.4 is 0 Å². The van der Waals surface area contributed by atoms with Crippen LogP contribution in [0.5, 0.6) is 0 Å². The van der Waals surface area contributed by atoms with E-state index in [9.17, 15) is 0 Å². The first-order chi connectivity index (χ1) is 8.27. The van der Waals surface area contributed by atoms with Gasteiger partial charge in [0.25, 0.3) is 0 Å². The topological polar surface area (TPSA) is 12.9 Å². The zero-order valence-electron chi connectivity index (χ0n) is 8.66. The van der Waals surface area contributed by atoms with Crippen LogP contribution in [0, 0.1) is 0 Å². The molecule has 1 nitrogen and oxygen atoms in total. The van der Waals surface area contributed by atoms with Crippen molar-refractivity contribution in [2.45, 2.75) is 3.74 Å². The van der Waals surface area contributed by atoms with Crippen LogP contribution in [0.25, 0.3) is 11.3 Å². The minimum atomic E-state index is 0.211. The summed E-state index contributed by atoms with van der Waals surface area (Å²) in [5.74, 6) is 0. The van der Waals surface area contributed by atoms with Crippen LogP contribution in [0.4, 0.5) is 0 Å². The van der Waals surface area contributed by atoms with E-state index in [0.717, 1.165) is 11.3 Å². The molecule has 0 aliphatic heterocycles. The zero-order valence-corrected chi connectivity index (χ0v) is 16.1. The van der Waals surface area contributed by atoms with E-state index >= 15 is 0 Å². The molecule has 0 aliphatic rings. The second-order valence-corrected chi connectivity index (χ2v) is 6.20. The van der Waals surface area contributed by atoms with Gasteiger partial charge in [-0.2, -0.15) is 0 Å². The minimum absolute atomic E-state index is 0.211. The first kappa shape index (κ1) is 15.8. The average Bonchev–Trinajstić information content (AvgIpc) is 2.42. The molecule has 90 valence electrons. The highest BCUT2D eigenvalue weighted by molar-refractivity contribution is 15.0. The Bertz CT molecular complexity index is 432. The van der Waals surface area contributed by atoms with Crippen molar-refractivity contribution in [3.63, 3.8) is 0 Å². The van der Waals surface area contributed by atoms with Gasteiger partial charge in [0, 0.05) is 49.0 Å². The first-order valence-electron chi connectivity index (χ1n) is 4.71. The third kappa shape index (κ3) is 5.12. The normalized spacial score (nSPS) is 9.71. The lowest BCUT2D eigenvalue weighted by atomic mass is 10.1. The molecule has 0 amide bonds. The molecule has 1 heterocycles. The van der Waals surface area contributed by atoms with Crippen molar-refractivity contribution < 1.29 is 0 Å². The monoisotopic (exact) mass is 579 g/mol. The van der Waals surface area contributed by atoms with E-state index in [4.69, 9.17) is 0 Å². The lowest BCUT2D eigenvalue weighted by Gasteiger charge is -2.04. The van der Waals surface area contributed by atoms with Crippen molar-refractivity contribution in [2.24, 2.45) is 0 Å². The highest BCUT2D eigenvalue weighted by Gasteiger charge is 2.02. The van der Waals surface area contributed by atoms with Crippen LogP contribution in [0.3, 0.4) is 0 Å².